The maximum Gasteiger partial charge on any atom is 0.130 e. The molecule has 0 aliphatic heterocycles. The van der Waals surface area contributed by atoms with Gasteiger partial charge in [0.1, 0.15) is 12.4 Å². The van der Waals surface area contributed by atoms with E-state index in [2.05, 4.69) is 28.2 Å². The fourth-order valence-corrected chi connectivity index (χ4v) is 3.73. The van der Waals surface area contributed by atoms with Crippen molar-refractivity contribution >= 4 is 16.6 Å². The largest absolute Gasteiger partial charge is 0.487 e. The number of ether oxygens (including phenoxy) is 1. The van der Waals surface area contributed by atoms with Gasteiger partial charge in [0.2, 0.25) is 0 Å². The Kier molecular flexibility index (Phi) is 5.03. The fourth-order valence-electron chi connectivity index (χ4n) is 3.73. The fraction of sp³-hybridized carbons (Fsp3) is 0.0370. The van der Waals surface area contributed by atoms with Gasteiger partial charge in [-0.25, -0.2) is 4.98 Å². The van der Waals surface area contributed by atoms with E-state index < -0.39 is 0 Å². The molecule has 2 N–H and O–H groups in total. The Morgan fingerprint density at radius 3 is 2.35 bits per heavy atom. The van der Waals surface area contributed by atoms with Crippen molar-refractivity contribution in [3.63, 3.8) is 0 Å². The summed E-state index contributed by atoms with van der Waals surface area (Å²) >= 11 is 0. The molecule has 0 spiro atoms. The van der Waals surface area contributed by atoms with Gasteiger partial charge in [-0.2, -0.15) is 0 Å². The molecule has 2 aromatic heterocycles. The van der Waals surface area contributed by atoms with Crippen molar-refractivity contribution in [1.82, 2.24) is 9.97 Å². The van der Waals surface area contributed by atoms with Gasteiger partial charge in [-0.05, 0) is 59.2 Å². The predicted octanol–water partition coefficient (Wildman–Crippen LogP) is 6.13. The molecule has 0 unspecified atom stereocenters. The molecule has 5 rings (SSSR count). The maximum atomic E-state index is 6.35. The lowest BCUT2D eigenvalue weighted by molar-refractivity contribution is 0.302. The van der Waals surface area contributed by atoms with Crippen LogP contribution in [0.25, 0.3) is 33.2 Å². The molecule has 0 atom stereocenters. The molecule has 0 aliphatic rings. The van der Waals surface area contributed by atoms with Gasteiger partial charge >= 0.3 is 0 Å². The molecule has 31 heavy (non-hydrogen) atoms. The first-order valence-electron chi connectivity index (χ1n) is 10.1. The van der Waals surface area contributed by atoms with Crippen LogP contribution in [0, 0.1) is 0 Å². The monoisotopic (exact) mass is 403 g/mol. The molecular formula is C27H21N3O. The highest BCUT2D eigenvalue weighted by Gasteiger charge is 2.11. The maximum absolute atomic E-state index is 6.35. The minimum absolute atomic E-state index is 0.417. The minimum Gasteiger partial charge on any atom is -0.487 e. The number of nitrogens with zero attached hydrogens (tertiary/aromatic N) is 2. The van der Waals surface area contributed by atoms with Crippen LogP contribution in [0.4, 0.5) is 5.69 Å². The lowest BCUT2D eigenvalue weighted by atomic mass is 9.93. The van der Waals surface area contributed by atoms with Gasteiger partial charge in [0.15, 0.2) is 0 Å². The first kappa shape index (κ1) is 18.8. The zero-order valence-electron chi connectivity index (χ0n) is 16.9. The summed E-state index contributed by atoms with van der Waals surface area (Å²) in [6, 6.07) is 30.1. The zero-order chi connectivity index (χ0) is 21.0. The number of pyridine rings is 2. The van der Waals surface area contributed by atoms with Gasteiger partial charge in [-0.15, -0.1) is 0 Å². The standard InChI is InChI=1S/C27H21N3O/c28-25-6-3-5-24(19-14-16-29-17-15-19)27(25)21-9-12-23(13-10-21)31-18-22-11-8-20-4-1-2-7-26(20)30-22/h1-17H,18,28H2. The summed E-state index contributed by atoms with van der Waals surface area (Å²) in [6.45, 7) is 0.417. The van der Waals surface area contributed by atoms with Crippen molar-refractivity contribution in [2.75, 3.05) is 5.73 Å². The molecule has 150 valence electrons. The third-order valence-corrected chi connectivity index (χ3v) is 5.27. The van der Waals surface area contributed by atoms with Gasteiger partial charge in [0.05, 0.1) is 11.2 Å². The predicted molar refractivity (Wildman–Crippen MR) is 126 cm³/mol. The summed E-state index contributed by atoms with van der Waals surface area (Å²) in [4.78, 5) is 8.78. The molecule has 0 saturated carbocycles. The van der Waals surface area contributed by atoms with Crippen molar-refractivity contribution in [3.8, 4) is 28.0 Å². The Balaban J connectivity index is 1.38. The average molecular weight is 403 g/mol. The molecule has 0 radical (unpaired) electrons. The number of fused-ring (bicyclic) bond motifs is 1. The normalized spacial score (nSPS) is 10.8. The van der Waals surface area contributed by atoms with E-state index in [0.29, 0.717) is 6.61 Å². The van der Waals surface area contributed by atoms with E-state index in [1.165, 1.54) is 0 Å². The minimum atomic E-state index is 0.417. The van der Waals surface area contributed by atoms with E-state index in [-0.39, 0.29) is 0 Å². The van der Waals surface area contributed by atoms with Crippen molar-refractivity contribution < 1.29 is 4.74 Å². The molecule has 0 fully saturated rings. The van der Waals surface area contributed by atoms with Gasteiger partial charge < -0.3 is 10.5 Å². The Labute approximate surface area is 181 Å². The number of nitrogen functional groups attached to an aromatic ring is 1. The summed E-state index contributed by atoms with van der Waals surface area (Å²) < 4.78 is 5.97. The molecule has 0 saturated heterocycles. The Morgan fingerprint density at radius 1 is 0.710 bits per heavy atom. The number of aromatic nitrogens is 2. The second-order valence-corrected chi connectivity index (χ2v) is 7.31. The Hall–Kier alpha value is -4.18. The lowest BCUT2D eigenvalue weighted by Gasteiger charge is -2.14. The van der Waals surface area contributed by atoms with Crippen molar-refractivity contribution in [2.45, 2.75) is 6.61 Å². The zero-order valence-corrected chi connectivity index (χ0v) is 16.9. The third kappa shape index (κ3) is 3.96. The van der Waals surface area contributed by atoms with Crippen LogP contribution in [0.15, 0.2) is 103 Å². The highest BCUT2D eigenvalue weighted by Crippen LogP contribution is 2.37. The van der Waals surface area contributed by atoms with Crippen LogP contribution in [0.3, 0.4) is 0 Å². The van der Waals surface area contributed by atoms with E-state index >= 15 is 0 Å². The Morgan fingerprint density at radius 2 is 1.52 bits per heavy atom. The van der Waals surface area contributed by atoms with Crippen LogP contribution in [-0.4, -0.2) is 9.97 Å². The number of para-hydroxylation sites is 1. The van der Waals surface area contributed by atoms with Crippen molar-refractivity contribution in [2.24, 2.45) is 0 Å². The van der Waals surface area contributed by atoms with Crippen molar-refractivity contribution in [3.05, 3.63) is 109 Å². The van der Waals surface area contributed by atoms with E-state index in [1.807, 2.05) is 72.8 Å². The average Bonchev–Trinajstić information content (AvgIpc) is 2.83. The van der Waals surface area contributed by atoms with E-state index in [0.717, 1.165) is 50.3 Å². The molecule has 3 aromatic carbocycles. The van der Waals surface area contributed by atoms with Gasteiger partial charge in [-0.1, -0.05) is 48.5 Å². The molecule has 4 nitrogen and oxygen atoms in total. The summed E-state index contributed by atoms with van der Waals surface area (Å²) in [5.41, 5.74) is 13.2. The number of hydrogen-bond acceptors (Lipinski definition) is 4. The van der Waals surface area contributed by atoms with Gasteiger partial charge in [-0.3, -0.25) is 4.98 Å². The first-order valence-corrected chi connectivity index (χ1v) is 10.1. The molecule has 4 heteroatoms. The van der Waals surface area contributed by atoms with Gasteiger partial charge in [0.25, 0.3) is 0 Å². The van der Waals surface area contributed by atoms with Crippen LogP contribution in [0.2, 0.25) is 0 Å². The second-order valence-electron chi connectivity index (χ2n) is 7.31. The summed E-state index contributed by atoms with van der Waals surface area (Å²) in [7, 11) is 0. The number of anilines is 1. The van der Waals surface area contributed by atoms with Crippen LogP contribution in [-0.2, 0) is 6.61 Å². The van der Waals surface area contributed by atoms with Crippen LogP contribution in [0.5, 0.6) is 5.75 Å². The highest BCUT2D eigenvalue weighted by molar-refractivity contribution is 5.91. The highest BCUT2D eigenvalue weighted by atomic mass is 16.5. The summed E-state index contributed by atoms with van der Waals surface area (Å²) in [6.07, 6.45) is 3.58. The molecule has 0 bridgehead atoms. The first-order chi connectivity index (χ1) is 15.3. The second kappa shape index (κ2) is 8.28. The molecule has 0 aliphatic carbocycles. The molecule has 2 heterocycles. The van der Waals surface area contributed by atoms with E-state index in [9.17, 15) is 0 Å². The quantitative estimate of drug-likeness (QED) is 0.359. The summed E-state index contributed by atoms with van der Waals surface area (Å²) in [5.74, 6) is 0.790. The van der Waals surface area contributed by atoms with E-state index in [4.69, 9.17) is 10.5 Å². The smallest absolute Gasteiger partial charge is 0.130 e. The molecule has 0 amide bonds. The number of benzene rings is 3. The topological polar surface area (TPSA) is 61.0 Å². The Bertz CT molecular complexity index is 1330. The number of rotatable bonds is 5. The van der Waals surface area contributed by atoms with Crippen LogP contribution in [0.1, 0.15) is 5.69 Å². The molecular weight excluding hydrogens is 382 g/mol. The van der Waals surface area contributed by atoms with Gasteiger partial charge in [0, 0.05) is 29.0 Å². The third-order valence-electron chi connectivity index (χ3n) is 5.27. The number of nitrogens with two attached hydrogens (primary N) is 1. The number of hydrogen-bond donors (Lipinski definition) is 1. The lowest BCUT2D eigenvalue weighted by Crippen LogP contribution is -1.98. The van der Waals surface area contributed by atoms with Crippen LogP contribution < -0.4 is 10.5 Å². The SMILES string of the molecule is Nc1cccc(-c2ccncc2)c1-c1ccc(OCc2ccc3ccccc3n2)cc1. The van der Waals surface area contributed by atoms with Crippen molar-refractivity contribution in [1.29, 1.82) is 0 Å². The van der Waals surface area contributed by atoms with Crippen LogP contribution >= 0.6 is 0 Å². The molecule has 5 aromatic rings. The summed E-state index contributed by atoms with van der Waals surface area (Å²) in [5, 5.41) is 1.13. The van der Waals surface area contributed by atoms with E-state index in [1.54, 1.807) is 12.4 Å².